The zero-order valence-corrected chi connectivity index (χ0v) is 19.8. The van der Waals surface area contributed by atoms with Crippen molar-refractivity contribution in [3.63, 3.8) is 0 Å². The number of fused-ring (bicyclic) bond motifs is 1. The minimum Gasteiger partial charge on any atom is -0.338 e. The van der Waals surface area contributed by atoms with E-state index in [0.717, 1.165) is 16.5 Å². The molecule has 11 heteroatoms. The molecule has 0 aromatic carbocycles. The van der Waals surface area contributed by atoms with Gasteiger partial charge in [-0.2, -0.15) is 18.3 Å². The van der Waals surface area contributed by atoms with Crippen LogP contribution < -0.4 is 0 Å². The number of rotatable bonds is 3. The summed E-state index contributed by atoms with van der Waals surface area (Å²) in [6.45, 7) is 5.55. The van der Waals surface area contributed by atoms with E-state index in [1.807, 2.05) is 13.8 Å². The van der Waals surface area contributed by atoms with Gasteiger partial charge < -0.3 is 4.90 Å². The highest BCUT2D eigenvalue weighted by atomic mass is 32.2. The van der Waals surface area contributed by atoms with Crippen LogP contribution in [-0.2, 0) is 16.2 Å². The van der Waals surface area contributed by atoms with Gasteiger partial charge in [0.25, 0.3) is 5.91 Å². The van der Waals surface area contributed by atoms with E-state index in [-0.39, 0.29) is 23.3 Å². The number of sulfonamides is 1. The van der Waals surface area contributed by atoms with Gasteiger partial charge in [-0.3, -0.25) is 4.79 Å². The molecule has 0 radical (unpaired) electrons. The quantitative estimate of drug-likeness (QED) is 0.664. The number of piperidine rings is 2. The van der Waals surface area contributed by atoms with E-state index >= 15 is 0 Å². The Bertz CT molecular complexity index is 1140. The van der Waals surface area contributed by atoms with Crippen molar-refractivity contribution < 1.29 is 26.4 Å². The Labute approximate surface area is 191 Å². The molecular weight excluding hydrogens is 457 g/mol. The van der Waals surface area contributed by atoms with Gasteiger partial charge in [0.1, 0.15) is 0 Å². The highest BCUT2D eigenvalue weighted by Crippen LogP contribution is 2.36. The third-order valence-corrected chi connectivity index (χ3v) is 8.00. The van der Waals surface area contributed by atoms with E-state index < -0.39 is 33.4 Å². The minimum atomic E-state index is -4.76. The van der Waals surface area contributed by atoms with Gasteiger partial charge in [0.15, 0.2) is 5.69 Å². The van der Waals surface area contributed by atoms with E-state index in [4.69, 9.17) is 0 Å². The summed E-state index contributed by atoms with van der Waals surface area (Å²) < 4.78 is 67.7. The number of nitrogens with zero attached hydrogens (tertiary/aromatic N) is 4. The van der Waals surface area contributed by atoms with Crippen LogP contribution in [0.15, 0.2) is 18.3 Å². The maximum absolute atomic E-state index is 13.9. The Morgan fingerprint density at radius 1 is 1.12 bits per heavy atom. The molecule has 2 fully saturated rings. The van der Waals surface area contributed by atoms with Crippen molar-refractivity contribution >= 4 is 21.4 Å². The van der Waals surface area contributed by atoms with Crippen LogP contribution in [0.25, 0.3) is 5.52 Å². The lowest BCUT2D eigenvalue weighted by atomic mass is 9.90. The number of amides is 1. The molecule has 4 rings (SSSR count). The number of aromatic nitrogens is 2. The molecule has 1 amide bonds. The van der Waals surface area contributed by atoms with E-state index in [1.54, 1.807) is 12.1 Å². The summed E-state index contributed by atoms with van der Waals surface area (Å²) >= 11 is 0. The molecule has 0 N–H and O–H groups in total. The Balaban J connectivity index is 1.71. The lowest BCUT2D eigenvalue weighted by Crippen LogP contribution is -2.43. The number of hydrogen-bond donors (Lipinski definition) is 0. The van der Waals surface area contributed by atoms with Crippen LogP contribution in [0.4, 0.5) is 13.2 Å². The molecule has 2 aliphatic rings. The highest BCUT2D eigenvalue weighted by Gasteiger charge is 2.42. The van der Waals surface area contributed by atoms with Gasteiger partial charge >= 0.3 is 6.18 Å². The van der Waals surface area contributed by atoms with E-state index in [1.165, 1.54) is 21.7 Å². The molecular formula is C22H29F3N4O3S. The molecule has 2 aliphatic heterocycles. The summed E-state index contributed by atoms with van der Waals surface area (Å²) in [6.07, 6.45) is -0.0699. The van der Waals surface area contributed by atoms with Gasteiger partial charge in [-0.15, -0.1) is 0 Å². The lowest BCUT2D eigenvalue weighted by molar-refractivity contribution is -0.141. The van der Waals surface area contributed by atoms with E-state index in [0.29, 0.717) is 39.0 Å². The first kappa shape index (κ1) is 24.0. The second-order valence-electron chi connectivity index (χ2n) is 9.60. The maximum Gasteiger partial charge on any atom is 0.436 e. The fraction of sp³-hybridized carbons (Fsp3) is 0.636. The van der Waals surface area contributed by atoms with Crippen LogP contribution >= 0.6 is 0 Å². The van der Waals surface area contributed by atoms with Gasteiger partial charge in [0.2, 0.25) is 10.0 Å². The van der Waals surface area contributed by atoms with Crippen molar-refractivity contribution in [3.8, 4) is 0 Å². The smallest absolute Gasteiger partial charge is 0.338 e. The fourth-order valence-electron chi connectivity index (χ4n) is 5.23. The standard InChI is InChI=1S/C22H29F3N4O3S/c1-14-10-15(2)13-27(12-14)21(30)19-18-11-17(6-9-29(18)26-20(19)22(23,24)25)16-4-7-28(8-5-16)33(3,31)32/h6,9,11,14-16H,4-5,7-8,10,12-13H2,1-3H3. The number of hydrogen-bond acceptors (Lipinski definition) is 4. The Morgan fingerprint density at radius 2 is 1.73 bits per heavy atom. The average Bonchev–Trinajstić information content (AvgIpc) is 3.11. The van der Waals surface area contributed by atoms with E-state index in [2.05, 4.69) is 5.10 Å². The number of halogens is 3. The zero-order valence-electron chi connectivity index (χ0n) is 19.0. The van der Waals surface area contributed by atoms with Gasteiger partial charge in [0.05, 0.1) is 17.3 Å². The second-order valence-corrected chi connectivity index (χ2v) is 11.6. The highest BCUT2D eigenvalue weighted by molar-refractivity contribution is 7.88. The van der Waals surface area contributed by atoms with Gasteiger partial charge in [-0.1, -0.05) is 13.8 Å². The summed E-state index contributed by atoms with van der Waals surface area (Å²) in [5.41, 5.74) is -0.637. The Hall–Kier alpha value is -2.14. The normalized spacial score (nSPS) is 23.9. The maximum atomic E-state index is 13.9. The predicted molar refractivity (Wildman–Crippen MR) is 117 cm³/mol. The monoisotopic (exact) mass is 486 g/mol. The molecule has 2 aromatic heterocycles. The molecule has 4 heterocycles. The molecule has 2 aromatic rings. The summed E-state index contributed by atoms with van der Waals surface area (Å²) in [4.78, 5) is 14.9. The van der Waals surface area contributed by atoms with Gasteiger partial charge in [0, 0.05) is 32.4 Å². The summed E-state index contributed by atoms with van der Waals surface area (Å²) in [5.74, 6) is -0.219. The Kier molecular flexibility index (Phi) is 6.24. The van der Waals surface area contributed by atoms with Crippen molar-refractivity contribution in [3.05, 3.63) is 35.2 Å². The topological polar surface area (TPSA) is 75.0 Å². The molecule has 0 saturated carbocycles. The van der Waals surface area contributed by atoms with Crippen molar-refractivity contribution in [2.45, 2.75) is 45.2 Å². The molecule has 33 heavy (non-hydrogen) atoms. The third kappa shape index (κ3) is 4.89. The zero-order chi connectivity index (χ0) is 24.1. The molecule has 0 aliphatic carbocycles. The van der Waals surface area contributed by atoms with Crippen LogP contribution in [-0.4, -0.2) is 65.6 Å². The lowest BCUT2D eigenvalue weighted by Gasteiger charge is -2.35. The number of likely N-dealkylation sites (tertiary alicyclic amines) is 1. The van der Waals surface area contributed by atoms with Gasteiger partial charge in [-0.05, 0) is 54.7 Å². The van der Waals surface area contributed by atoms with Crippen molar-refractivity contribution in [1.82, 2.24) is 18.8 Å². The van der Waals surface area contributed by atoms with Crippen LogP contribution in [0.3, 0.4) is 0 Å². The number of pyridine rings is 1. The van der Waals surface area contributed by atoms with Crippen LogP contribution in [0.1, 0.15) is 60.6 Å². The number of alkyl halides is 3. The third-order valence-electron chi connectivity index (χ3n) is 6.69. The van der Waals surface area contributed by atoms with Gasteiger partial charge in [-0.25, -0.2) is 17.2 Å². The SMILES string of the molecule is CC1CC(C)CN(C(=O)c2c(C(F)(F)F)nn3ccc(C4CCN(S(C)(=O)=O)CC4)cc23)C1. The molecule has 0 bridgehead atoms. The van der Waals surface area contributed by atoms with Crippen molar-refractivity contribution in [2.75, 3.05) is 32.4 Å². The number of carbonyl (C=O) groups excluding carboxylic acids is 1. The van der Waals surface area contributed by atoms with Crippen LogP contribution in [0, 0.1) is 11.8 Å². The second kappa shape index (κ2) is 8.57. The first-order chi connectivity index (χ1) is 15.3. The molecule has 2 atom stereocenters. The summed E-state index contributed by atoms with van der Waals surface area (Å²) in [6, 6.07) is 3.33. The molecule has 2 unspecified atom stereocenters. The average molecular weight is 487 g/mol. The van der Waals surface area contributed by atoms with Crippen molar-refractivity contribution in [2.24, 2.45) is 11.8 Å². The summed E-state index contributed by atoms with van der Waals surface area (Å²) in [7, 11) is -3.27. The van der Waals surface area contributed by atoms with Crippen molar-refractivity contribution in [1.29, 1.82) is 0 Å². The molecule has 0 spiro atoms. The minimum absolute atomic E-state index is 0.00443. The first-order valence-corrected chi connectivity index (χ1v) is 13.0. The fourth-order valence-corrected chi connectivity index (χ4v) is 6.11. The number of carbonyl (C=O) groups is 1. The first-order valence-electron chi connectivity index (χ1n) is 11.2. The molecule has 182 valence electrons. The predicted octanol–water partition coefficient (Wildman–Crippen LogP) is 3.61. The van der Waals surface area contributed by atoms with E-state index in [9.17, 15) is 26.4 Å². The van der Waals surface area contributed by atoms with Crippen LogP contribution in [0.2, 0.25) is 0 Å². The van der Waals surface area contributed by atoms with Crippen LogP contribution in [0.5, 0.6) is 0 Å². The molecule has 2 saturated heterocycles. The summed E-state index contributed by atoms with van der Waals surface area (Å²) in [5, 5.41) is 3.73. The Morgan fingerprint density at radius 3 is 2.27 bits per heavy atom. The largest absolute Gasteiger partial charge is 0.436 e. The molecule has 7 nitrogen and oxygen atoms in total.